The maximum absolute atomic E-state index is 2.63. The van der Waals surface area contributed by atoms with Gasteiger partial charge in [-0.05, 0) is 242 Å². The summed E-state index contributed by atoms with van der Waals surface area (Å²) >= 11 is 0. The maximum atomic E-state index is 2.63. The van der Waals surface area contributed by atoms with Crippen molar-refractivity contribution in [3.05, 3.63) is 338 Å². The van der Waals surface area contributed by atoms with Gasteiger partial charge in [-0.25, -0.2) is 0 Å². The van der Waals surface area contributed by atoms with Gasteiger partial charge in [-0.1, -0.05) is 220 Å². The number of rotatable bonds is 9. The second-order valence-corrected chi connectivity index (χ2v) is 24.8. The van der Waals surface area contributed by atoms with Crippen LogP contribution in [0.4, 0.5) is 17.1 Å². The van der Waals surface area contributed by atoms with Gasteiger partial charge in [0.25, 0.3) is 0 Å². The van der Waals surface area contributed by atoms with Crippen LogP contribution in [0.5, 0.6) is 0 Å². The van der Waals surface area contributed by atoms with Gasteiger partial charge in [-0.15, -0.1) is 0 Å². The summed E-state index contributed by atoms with van der Waals surface area (Å²) in [5.41, 5.74) is 41.6. The minimum atomic E-state index is -0.437. The summed E-state index contributed by atoms with van der Waals surface area (Å²) < 4.78 is 0. The number of hydrogen-bond acceptors (Lipinski definition) is 1. The van der Waals surface area contributed by atoms with Crippen LogP contribution in [0, 0.1) is 0 Å². The largest absolute Gasteiger partial charge is 0.310 e. The van der Waals surface area contributed by atoms with Gasteiger partial charge in [-0.3, -0.25) is 0 Å². The highest BCUT2D eigenvalue weighted by molar-refractivity contribution is 5.96. The van der Waals surface area contributed by atoms with E-state index in [9.17, 15) is 0 Å². The first-order valence-corrected chi connectivity index (χ1v) is 30.8. The Morgan fingerprint density at radius 3 is 1.47 bits per heavy atom. The van der Waals surface area contributed by atoms with Crippen LogP contribution in [-0.4, -0.2) is 0 Å². The van der Waals surface area contributed by atoms with Gasteiger partial charge in [0.1, 0.15) is 0 Å². The van der Waals surface area contributed by atoms with Crippen LogP contribution in [-0.2, 0) is 36.5 Å². The van der Waals surface area contributed by atoms with Crippen molar-refractivity contribution in [2.75, 3.05) is 4.90 Å². The van der Waals surface area contributed by atoms with E-state index in [1.54, 1.807) is 0 Å². The molecule has 0 bridgehead atoms. The molecule has 0 unspecified atom stereocenters. The molecule has 0 aliphatic heterocycles. The van der Waals surface area contributed by atoms with E-state index in [-0.39, 0.29) is 5.41 Å². The van der Waals surface area contributed by atoms with Gasteiger partial charge in [0.05, 0.1) is 11.1 Å². The van der Waals surface area contributed by atoms with Crippen LogP contribution in [0.1, 0.15) is 116 Å². The second kappa shape index (κ2) is 18.3. The van der Waals surface area contributed by atoms with E-state index in [1.165, 1.54) is 173 Å². The van der Waals surface area contributed by atoms with Gasteiger partial charge in [0, 0.05) is 23.2 Å². The molecule has 6 aliphatic rings. The van der Waals surface area contributed by atoms with Crippen molar-refractivity contribution < 1.29 is 0 Å². The molecule has 6 aliphatic carbocycles. The molecule has 0 fully saturated rings. The van der Waals surface area contributed by atoms with Crippen molar-refractivity contribution in [3.63, 3.8) is 0 Å². The molecule has 18 rings (SSSR count). The third kappa shape index (κ3) is 6.87. The molecule has 0 atom stereocenters. The van der Waals surface area contributed by atoms with E-state index in [1.807, 2.05) is 0 Å². The fraction of sp³-hybridized carbons (Fsp3) is 0.119. The fourth-order valence-electron chi connectivity index (χ4n) is 17.0. The predicted molar refractivity (Wildman–Crippen MR) is 354 cm³/mol. The van der Waals surface area contributed by atoms with Gasteiger partial charge in [0.15, 0.2) is 0 Å². The van der Waals surface area contributed by atoms with Crippen LogP contribution >= 0.6 is 0 Å². The Bertz CT molecular complexity index is 4810. The lowest BCUT2D eigenvalue weighted by atomic mass is 9.67. The van der Waals surface area contributed by atoms with Crippen LogP contribution in [0.15, 0.2) is 249 Å². The first-order valence-electron chi connectivity index (χ1n) is 30.8. The number of benzene rings is 12. The first-order chi connectivity index (χ1) is 42.0. The van der Waals surface area contributed by atoms with Crippen LogP contribution < -0.4 is 4.90 Å². The summed E-state index contributed by atoms with van der Waals surface area (Å²) in [5.74, 6) is 0. The van der Waals surface area contributed by atoms with Crippen LogP contribution in [0.2, 0.25) is 0 Å². The third-order valence-corrected chi connectivity index (χ3v) is 20.9. The van der Waals surface area contributed by atoms with Crippen molar-refractivity contribution in [2.45, 2.75) is 63.2 Å². The molecule has 0 radical (unpaired) electrons. The van der Waals surface area contributed by atoms with Crippen LogP contribution in [0.25, 0.3) is 78.9 Å². The second-order valence-electron chi connectivity index (χ2n) is 24.8. The molecule has 85 heavy (non-hydrogen) atoms. The van der Waals surface area contributed by atoms with Crippen molar-refractivity contribution >= 4 is 29.2 Å². The summed E-state index contributed by atoms with van der Waals surface area (Å²) in [6.07, 6.45) is 10.6. The van der Waals surface area contributed by atoms with Crippen LogP contribution in [0.3, 0.4) is 0 Å². The summed E-state index contributed by atoms with van der Waals surface area (Å²) in [7, 11) is 0. The summed E-state index contributed by atoms with van der Waals surface area (Å²) in [5, 5.41) is 0. The number of hydrogen-bond donors (Lipinski definition) is 0. The molecule has 0 amide bonds. The van der Waals surface area contributed by atoms with Gasteiger partial charge in [0.2, 0.25) is 0 Å². The molecule has 0 saturated carbocycles. The Morgan fingerprint density at radius 1 is 0.329 bits per heavy atom. The maximum Gasteiger partial charge on any atom is 0.0713 e. The minimum Gasteiger partial charge on any atom is -0.310 e. The Labute approximate surface area is 498 Å². The average Bonchev–Trinajstić information content (AvgIpc) is 1.77. The van der Waals surface area contributed by atoms with E-state index in [0.29, 0.717) is 0 Å². The topological polar surface area (TPSA) is 3.24 Å². The molecule has 1 nitrogen and oxygen atoms in total. The fourth-order valence-corrected chi connectivity index (χ4v) is 17.0. The highest BCUT2D eigenvalue weighted by Crippen LogP contribution is 2.59. The molecule has 0 heterocycles. The highest BCUT2D eigenvalue weighted by atomic mass is 15.1. The van der Waals surface area contributed by atoms with Crippen molar-refractivity contribution in [2.24, 2.45) is 0 Å². The van der Waals surface area contributed by atoms with Gasteiger partial charge >= 0.3 is 0 Å². The zero-order chi connectivity index (χ0) is 56.1. The zero-order valence-corrected chi connectivity index (χ0v) is 48.0. The number of fused-ring (bicyclic) bond motifs is 18. The average molecular weight is 1080 g/mol. The normalized spacial score (nSPS) is 14.8. The molecule has 402 valence electrons. The van der Waals surface area contributed by atoms with Gasteiger partial charge in [-0.2, -0.15) is 0 Å². The monoisotopic (exact) mass is 1080 g/mol. The standard InChI is InChI=1S/C84H61N/c1-3-83(4-2)79-41-52(33-35-53-21-17-31-78-82(53)71-28-15-16-30-77(71)84(78,61-22-7-5-8-23-61)62-24-9-6-10-25-62)34-38-69(79)70-40-37-64(51-80(70)83)85(63-36-39-67-56(45-63)44-59-47-72-57(46-74(59)67)42-54-19-11-13-26-65(54)72)81-32-18-29-68-75-48-58-43-55-20-12-14-27-66(55)73(58)49-60(75)50-76(68)81/h5-41,45-49,51H,3-4,42-44,50H2,1-2H3/b35-33+. The summed E-state index contributed by atoms with van der Waals surface area (Å²) in [6, 6.07) is 95.6. The van der Waals surface area contributed by atoms with Crippen molar-refractivity contribution in [1.29, 1.82) is 0 Å². The minimum absolute atomic E-state index is 0.168. The van der Waals surface area contributed by atoms with Crippen molar-refractivity contribution in [1.82, 2.24) is 0 Å². The molecule has 12 aromatic carbocycles. The molecule has 0 aromatic heterocycles. The quantitative estimate of drug-likeness (QED) is 0.130. The van der Waals surface area contributed by atoms with Gasteiger partial charge < -0.3 is 4.90 Å². The molecule has 0 N–H and O–H groups in total. The summed E-state index contributed by atoms with van der Waals surface area (Å²) in [6.45, 7) is 4.82. The smallest absolute Gasteiger partial charge is 0.0713 e. The van der Waals surface area contributed by atoms with E-state index in [4.69, 9.17) is 0 Å². The lowest BCUT2D eigenvalue weighted by molar-refractivity contribution is 0.490. The molecular weight excluding hydrogens is 1020 g/mol. The Hall–Kier alpha value is -9.82. The van der Waals surface area contributed by atoms with E-state index < -0.39 is 5.41 Å². The third-order valence-electron chi connectivity index (χ3n) is 20.9. The Morgan fingerprint density at radius 2 is 0.812 bits per heavy atom. The lowest BCUT2D eigenvalue weighted by Crippen LogP contribution is -2.28. The molecule has 12 aromatic rings. The van der Waals surface area contributed by atoms with Crippen molar-refractivity contribution in [3.8, 4) is 66.8 Å². The zero-order valence-electron chi connectivity index (χ0n) is 48.0. The molecule has 0 spiro atoms. The molecule has 1 heteroatoms. The van der Waals surface area contributed by atoms with E-state index in [2.05, 4.69) is 280 Å². The SMILES string of the molecule is CCC1(CC)c2cc(/C=C/c3cccc4c3-c3ccccc3C4(c3ccccc3)c3ccccc3)ccc2-c2ccc(N(c3ccc4c(c3)Cc3cc5c(cc3-4)Cc3ccccc3-5)c3cccc4c3Cc3cc5c(cc3-4)Cc3ccccc3-5)cc21. The first kappa shape index (κ1) is 48.7. The Balaban J connectivity index is 0.743. The molecular formula is C84H61N. The Kier molecular flexibility index (Phi) is 10.5. The number of anilines is 3. The van der Waals surface area contributed by atoms with E-state index >= 15 is 0 Å². The number of nitrogens with zero attached hydrogens (tertiary/aromatic N) is 1. The van der Waals surface area contributed by atoms with E-state index in [0.717, 1.165) is 38.5 Å². The summed E-state index contributed by atoms with van der Waals surface area (Å²) in [4.78, 5) is 2.63. The highest BCUT2D eigenvalue weighted by Gasteiger charge is 2.47. The lowest BCUT2D eigenvalue weighted by Gasteiger charge is -2.33. The predicted octanol–water partition coefficient (Wildman–Crippen LogP) is 21.1. The molecule has 0 saturated heterocycles.